The summed E-state index contributed by atoms with van der Waals surface area (Å²) >= 11 is 5.38. The van der Waals surface area contributed by atoms with Crippen molar-refractivity contribution in [1.82, 2.24) is 4.98 Å². The molecule has 1 rings (SSSR count). The van der Waals surface area contributed by atoms with Crippen molar-refractivity contribution in [2.75, 3.05) is 0 Å². The van der Waals surface area contributed by atoms with E-state index in [-0.39, 0.29) is 11.7 Å². The Morgan fingerprint density at radius 2 is 2.40 bits per heavy atom. The second-order valence-corrected chi connectivity index (χ2v) is 2.34. The first-order chi connectivity index (χ1) is 4.74. The maximum absolute atomic E-state index is 12.7. The monoisotopic (exact) mass is 159 g/mol. The van der Waals surface area contributed by atoms with Crippen LogP contribution in [0, 0.1) is 12.7 Å². The van der Waals surface area contributed by atoms with Crippen LogP contribution in [0.2, 0.25) is 0 Å². The van der Waals surface area contributed by atoms with Gasteiger partial charge in [0, 0.05) is 6.20 Å². The molecule has 0 N–H and O–H groups in total. The number of nitrogens with zero attached hydrogens (tertiary/aromatic N) is 1. The molecule has 0 unspecified atom stereocenters. The Morgan fingerprint density at radius 3 is 2.90 bits per heavy atom. The molecule has 0 aromatic carbocycles. The van der Waals surface area contributed by atoms with Crippen LogP contribution >= 0.6 is 11.6 Å². The van der Waals surface area contributed by atoms with Gasteiger partial charge in [-0.3, -0.25) is 4.98 Å². The fourth-order valence-electron chi connectivity index (χ4n) is 0.660. The van der Waals surface area contributed by atoms with Crippen molar-refractivity contribution in [3.8, 4) is 0 Å². The lowest BCUT2D eigenvalue weighted by Gasteiger charge is -1.96. The molecule has 0 saturated carbocycles. The largest absolute Gasteiger partial charge is 0.257 e. The summed E-state index contributed by atoms with van der Waals surface area (Å²) < 4.78 is 12.7. The molecule has 0 spiro atoms. The zero-order valence-electron chi connectivity index (χ0n) is 5.56. The van der Waals surface area contributed by atoms with Crippen LogP contribution in [0.1, 0.15) is 11.3 Å². The lowest BCUT2D eigenvalue weighted by Crippen LogP contribution is -1.91. The Labute approximate surface area is 63.8 Å². The molecular formula is C7H7ClFN. The highest BCUT2D eigenvalue weighted by atomic mass is 35.5. The first kappa shape index (κ1) is 7.48. The summed E-state index contributed by atoms with van der Waals surface area (Å²) in [7, 11) is 0. The molecule has 1 nitrogen and oxygen atoms in total. The van der Waals surface area contributed by atoms with E-state index in [0.29, 0.717) is 5.69 Å². The fraction of sp³-hybridized carbons (Fsp3) is 0.286. The summed E-state index contributed by atoms with van der Waals surface area (Å²) in [6.07, 6.45) is 1.60. The zero-order chi connectivity index (χ0) is 7.56. The van der Waals surface area contributed by atoms with Crippen LogP contribution in [-0.2, 0) is 5.88 Å². The Hall–Kier alpha value is -0.630. The standard InChI is InChI=1S/C7H7ClFN/c1-5-2-6(9)7(3-8)10-4-5/h2,4H,3H2,1H3. The fourth-order valence-corrected chi connectivity index (χ4v) is 0.857. The topological polar surface area (TPSA) is 12.9 Å². The number of alkyl halides is 1. The molecule has 0 atom stereocenters. The molecule has 0 aliphatic heterocycles. The molecule has 0 aliphatic carbocycles. The first-order valence-corrected chi connectivity index (χ1v) is 3.44. The molecule has 10 heavy (non-hydrogen) atoms. The van der Waals surface area contributed by atoms with E-state index < -0.39 is 0 Å². The van der Waals surface area contributed by atoms with Gasteiger partial charge < -0.3 is 0 Å². The third kappa shape index (κ3) is 1.45. The third-order valence-electron chi connectivity index (χ3n) is 1.18. The van der Waals surface area contributed by atoms with Gasteiger partial charge in [0.05, 0.1) is 11.6 Å². The van der Waals surface area contributed by atoms with Crippen LogP contribution in [-0.4, -0.2) is 4.98 Å². The maximum Gasteiger partial charge on any atom is 0.146 e. The highest BCUT2D eigenvalue weighted by molar-refractivity contribution is 6.16. The van der Waals surface area contributed by atoms with Crippen LogP contribution in [0.5, 0.6) is 0 Å². The summed E-state index contributed by atoms with van der Waals surface area (Å²) in [5, 5.41) is 0. The van der Waals surface area contributed by atoms with Gasteiger partial charge in [0.2, 0.25) is 0 Å². The summed E-state index contributed by atoms with van der Waals surface area (Å²) in [6.45, 7) is 1.79. The molecule has 0 saturated heterocycles. The lowest BCUT2D eigenvalue weighted by molar-refractivity contribution is 0.606. The Morgan fingerprint density at radius 1 is 1.70 bits per heavy atom. The second kappa shape index (κ2) is 2.97. The lowest BCUT2D eigenvalue weighted by atomic mass is 10.3. The molecule has 0 aliphatic rings. The average Bonchev–Trinajstić information content (AvgIpc) is 1.88. The van der Waals surface area contributed by atoms with Crippen molar-refractivity contribution >= 4 is 11.6 Å². The van der Waals surface area contributed by atoms with Crippen molar-refractivity contribution in [2.45, 2.75) is 12.8 Å². The molecule has 54 valence electrons. The van der Waals surface area contributed by atoms with Gasteiger partial charge in [0.25, 0.3) is 0 Å². The molecule has 0 fully saturated rings. The minimum Gasteiger partial charge on any atom is -0.257 e. The quantitative estimate of drug-likeness (QED) is 0.573. The molecule has 3 heteroatoms. The smallest absolute Gasteiger partial charge is 0.146 e. The van der Waals surface area contributed by atoms with E-state index in [2.05, 4.69) is 4.98 Å². The summed E-state index contributed by atoms with van der Waals surface area (Å²) in [5.41, 5.74) is 1.12. The van der Waals surface area contributed by atoms with E-state index in [1.807, 2.05) is 0 Å². The second-order valence-electron chi connectivity index (χ2n) is 2.07. The third-order valence-corrected chi connectivity index (χ3v) is 1.43. The number of hydrogen-bond acceptors (Lipinski definition) is 1. The SMILES string of the molecule is Cc1cnc(CCl)c(F)c1. The van der Waals surface area contributed by atoms with Gasteiger partial charge in [-0.2, -0.15) is 0 Å². The van der Waals surface area contributed by atoms with Gasteiger partial charge in [-0.15, -0.1) is 11.6 Å². The summed E-state index contributed by atoms with van der Waals surface area (Å²) in [6, 6.07) is 1.42. The average molecular weight is 160 g/mol. The normalized spacial score (nSPS) is 9.90. The van der Waals surface area contributed by atoms with Crippen LogP contribution < -0.4 is 0 Å². The van der Waals surface area contributed by atoms with E-state index in [1.54, 1.807) is 13.1 Å². The number of rotatable bonds is 1. The van der Waals surface area contributed by atoms with Crippen LogP contribution in [0.25, 0.3) is 0 Å². The van der Waals surface area contributed by atoms with E-state index in [4.69, 9.17) is 11.6 Å². The van der Waals surface area contributed by atoms with Crippen molar-refractivity contribution in [3.63, 3.8) is 0 Å². The highest BCUT2D eigenvalue weighted by Crippen LogP contribution is 2.07. The van der Waals surface area contributed by atoms with Crippen LogP contribution in [0.4, 0.5) is 4.39 Å². The van der Waals surface area contributed by atoms with Gasteiger partial charge in [-0.25, -0.2) is 4.39 Å². The van der Waals surface area contributed by atoms with Gasteiger partial charge in [-0.05, 0) is 18.6 Å². The first-order valence-electron chi connectivity index (χ1n) is 2.91. The predicted octanol–water partition coefficient (Wildman–Crippen LogP) is 2.27. The molecule has 0 radical (unpaired) electrons. The number of aromatic nitrogens is 1. The van der Waals surface area contributed by atoms with Crippen molar-refractivity contribution in [3.05, 3.63) is 29.3 Å². The predicted molar refractivity (Wildman–Crippen MR) is 38.5 cm³/mol. The zero-order valence-corrected chi connectivity index (χ0v) is 6.32. The van der Waals surface area contributed by atoms with Gasteiger partial charge in [0.1, 0.15) is 5.82 Å². The number of hydrogen-bond donors (Lipinski definition) is 0. The van der Waals surface area contributed by atoms with E-state index in [0.717, 1.165) is 5.56 Å². The minimum absolute atomic E-state index is 0.131. The van der Waals surface area contributed by atoms with Crippen molar-refractivity contribution in [2.24, 2.45) is 0 Å². The Bertz CT molecular complexity index is 237. The summed E-state index contributed by atoms with van der Waals surface area (Å²) in [4.78, 5) is 3.79. The Balaban J connectivity index is 3.07. The molecule has 0 bridgehead atoms. The van der Waals surface area contributed by atoms with Crippen molar-refractivity contribution < 1.29 is 4.39 Å². The van der Waals surface area contributed by atoms with E-state index in [1.165, 1.54) is 6.07 Å². The maximum atomic E-state index is 12.7. The highest BCUT2D eigenvalue weighted by Gasteiger charge is 2.00. The van der Waals surface area contributed by atoms with E-state index >= 15 is 0 Å². The molecular weight excluding hydrogens is 153 g/mol. The molecule has 1 aromatic rings. The molecule has 0 amide bonds. The Kier molecular flexibility index (Phi) is 2.22. The van der Waals surface area contributed by atoms with Gasteiger partial charge >= 0.3 is 0 Å². The molecule has 1 heterocycles. The number of pyridine rings is 1. The summed E-state index contributed by atoms with van der Waals surface area (Å²) in [5.74, 6) is -0.193. The van der Waals surface area contributed by atoms with Crippen LogP contribution in [0.3, 0.4) is 0 Å². The van der Waals surface area contributed by atoms with Crippen LogP contribution in [0.15, 0.2) is 12.3 Å². The van der Waals surface area contributed by atoms with E-state index in [9.17, 15) is 4.39 Å². The minimum atomic E-state index is -0.324. The molecule has 1 aromatic heterocycles. The van der Waals surface area contributed by atoms with Gasteiger partial charge in [0.15, 0.2) is 0 Å². The van der Waals surface area contributed by atoms with Crippen molar-refractivity contribution in [1.29, 1.82) is 0 Å². The number of halogens is 2. The van der Waals surface area contributed by atoms with Gasteiger partial charge in [-0.1, -0.05) is 0 Å². The number of aryl methyl sites for hydroxylation is 1.